The van der Waals surface area contributed by atoms with E-state index in [9.17, 15) is 0 Å². The summed E-state index contributed by atoms with van der Waals surface area (Å²) >= 11 is 0. The van der Waals surface area contributed by atoms with E-state index in [-0.39, 0.29) is 0 Å². The van der Waals surface area contributed by atoms with Gasteiger partial charge in [0.15, 0.2) is 0 Å². The van der Waals surface area contributed by atoms with Gasteiger partial charge in [0.05, 0.1) is 0 Å². The van der Waals surface area contributed by atoms with Crippen LogP contribution in [0.3, 0.4) is 0 Å². The van der Waals surface area contributed by atoms with Crippen molar-refractivity contribution in [3.05, 3.63) is 12.3 Å². The highest BCUT2D eigenvalue weighted by Gasteiger charge is 2.23. The van der Waals surface area contributed by atoms with Crippen LogP contribution in [0.25, 0.3) is 0 Å². The van der Waals surface area contributed by atoms with E-state index in [4.69, 9.17) is 0 Å². The molecular weight excluding hydrogens is 262 g/mol. The fourth-order valence-corrected chi connectivity index (χ4v) is 3.44. The molecule has 2 fully saturated rings. The Bertz CT molecular complexity index is 436. The third-order valence-corrected chi connectivity index (χ3v) is 4.63. The molecule has 2 aliphatic heterocycles. The van der Waals surface area contributed by atoms with Crippen LogP contribution in [0, 0.1) is 5.92 Å². The first-order valence-corrected chi connectivity index (χ1v) is 8.39. The van der Waals surface area contributed by atoms with E-state index < -0.39 is 0 Å². The number of rotatable bonds is 5. The third kappa shape index (κ3) is 3.84. The van der Waals surface area contributed by atoms with Gasteiger partial charge in [-0.3, -0.25) is 0 Å². The van der Waals surface area contributed by atoms with Crippen LogP contribution in [0.1, 0.15) is 32.6 Å². The van der Waals surface area contributed by atoms with Gasteiger partial charge in [0.1, 0.15) is 5.82 Å². The second kappa shape index (κ2) is 7.07. The number of likely N-dealkylation sites (tertiary alicyclic amines) is 1. The highest BCUT2D eigenvalue weighted by Crippen LogP contribution is 2.24. The lowest BCUT2D eigenvalue weighted by atomic mass is 9.96. The lowest BCUT2D eigenvalue weighted by Crippen LogP contribution is -2.38. The van der Waals surface area contributed by atoms with Crippen molar-refractivity contribution in [1.29, 1.82) is 0 Å². The van der Waals surface area contributed by atoms with E-state index in [1.54, 1.807) is 0 Å². The summed E-state index contributed by atoms with van der Waals surface area (Å²) in [5, 5.41) is 3.19. The van der Waals surface area contributed by atoms with Crippen LogP contribution in [0.5, 0.6) is 0 Å². The average Bonchev–Trinajstić information content (AvgIpc) is 3.02. The molecule has 3 rings (SSSR count). The molecule has 2 saturated heterocycles. The van der Waals surface area contributed by atoms with Crippen LogP contribution >= 0.6 is 0 Å². The molecule has 116 valence electrons. The molecule has 0 atom stereocenters. The molecule has 3 heterocycles. The van der Waals surface area contributed by atoms with Gasteiger partial charge < -0.3 is 15.1 Å². The van der Waals surface area contributed by atoms with E-state index in [1.807, 2.05) is 12.3 Å². The molecule has 0 saturated carbocycles. The standard InChI is InChI=1S/C16H27N5/c1-2-17-16-18-8-5-15(19-16)21-11-6-14(7-12-21)13-20-9-3-4-10-20/h5,8,14H,2-4,6-7,9-13H2,1H3,(H,17,18,19). The Morgan fingerprint density at radius 2 is 1.95 bits per heavy atom. The minimum atomic E-state index is 0.745. The second-order valence-corrected chi connectivity index (χ2v) is 6.21. The predicted octanol–water partition coefficient (Wildman–Crippen LogP) is 2.22. The number of nitrogens with zero attached hydrogens (tertiary/aromatic N) is 4. The molecule has 21 heavy (non-hydrogen) atoms. The van der Waals surface area contributed by atoms with Crippen molar-refractivity contribution >= 4 is 11.8 Å². The Balaban J connectivity index is 1.51. The van der Waals surface area contributed by atoms with Crippen molar-refractivity contribution < 1.29 is 0 Å². The van der Waals surface area contributed by atoms with Crippen LogP contribution in [0.4, 0.5) is 11.8 Å². The van der Waals surface area contributed by atoms with Crippen molar-refractivity contribution in [3.63, 3.8) is 0 Å². The molecular formula is C16H27N5. The Hall–Kier alpha value is -1.36. The third-order valence-electron chi connectivity index (χ3n) is 4.63. The average molecular weight is 289 g/mol. The molecule has 2 aliphatic rings. The van der Waals surface area contributed by atoms with Crippen LogP contribution in [0.15, 0.2) is 12.3 Å². The molecule has 5 heteroatoms. The monoisotopic (exact) mass is 289 g/mol. The molecule has 1 aromatic rings. The minimum Gasteiger partial charge on any atom is -0.356 e. The zero-order valence-electron chi connectivity index (χ0n) is 13.1. The summed E-state index contributed by atoms with van der Waals surface area (Å²) in [7, 11) is 0. The van der Waals surface area contributed by atoms with E-state index in [0.29, 0.717) is 0 Å². The normalized spacial score (nSPS) is 20.9. The Kier molecular flexibility index (Phi) is 4.91. The predicted molar refractivity (Wildman–Crippen MR) is 86.8 cm³/mol. The van der Waals surface area contributed by atoms with Gasteiger partial charge in [-0.1, -0.05) is 0 Å². The maximum Gasteiger partial charge on any atom is 0.224 e. The highest BCUT2D eigenvalue weighted by molar-refractivity contribution is 5.42. The summed E-state index contributed by atoms with van der Waals surface area (Å²) in [6.45, 7) is 9.13. The lowest BCUT2D eigenvalue weighted by molar-refractivity contribution is 0.249. The number of hydrogen-bond acceptors (Lipinski definition) is 5. The summed E-state index contributed by atoms with van der Waals surface area (Å²) in [6, 6.07) is 2.03. The maximum atomic E-state index is 4.61. The Morgan fingerprint density at radius 3 is 2.67 bits per heavy atom. The van der Waals surface area contributed by atoms with Crippen molar-refractivity contribution in [1.82, 2.24) is 14.9 Å². The number of nitrogens with one attached hydrogen (secondary N) is 1. The molecule has 1 aromatic heterocycles. The number of piperidine rings is 1. The summed E-state index contributed by atoms with van der Waals surface area (Å²) in [5.41, 5.74) is 0. The summed E-state index contributed by atoms with van der Waals surface area (Å²) in [5.74, 6) is 2.68. The number of hydrogen-bond donors (Lipinski definition) is 1. The van der Waals surface area contributed by atoms with Gasteiger partial charge in [0.25, 0.3) is 0 Å². The second-order valence-electron chi connectivity index (χ2n) is 6.21. The number of anilines is 2. The van der Waals surface area contributed by atoms with Crippen molar-refractivity contribution in [2.45, 2.75) is 32.6 Å². The van der Waals surface area contributed by atoms with E-state index in [1.165, 1.54) is 45.3 Å². The van der Waals surface area contributed by atoms with E-state index in [2.05, 4.69) is 32.0 Å². The highest BCUT2D eigenvalue weighted by atomic mass is 15.2. The quantitative estimate of drug-likeness (QED) is 0.900. The SMILES string of the molecule is CCNc1nccc(N2CCC(CN3CCCC3)CC2)n1. The summed E-state index contributed by atoms with van der Waals surface area (Å²) < 4.78 is 0. The largest absolute Gasteiger partial charge is 0.356 e. The molecule has 1 N–H and O–H groups in total. The molecule has 0 amide bonds. The van der Waals surface area contributed by atoms with Crippen molar-refractivity contribution in [2.24, 2.45) is 5.92 Å². The molecule has 0 bridgehead atoms. The fraction of sp³-hybridized carbons (Fsp3) is 0.750. The minimum absolute atomic E-state index is 0.745. The molecule has 0 radical (unpaired) electrons. The van der Waals surface area contributed by atoms with Gasteiger partial charge in [0, 0.05) is 32.4 Å². The van der Waals surface area contributed by atoms with Gasteiger partial charge in [-0.05, 0) is 57.7 Å². The first-order valence-electron chi connectivity index (χ1n) is 8.39. The van der Waals surface area contributed by atoms with Gasteiger partial charge in [0.2, 0.25) is 5.95 Å². The molecule has 0 aliphatic carbocycles. The fourth-order valence-electron chi connectivity index (χ4n) is 3.44. The molecule has 5 nitrogen and oxygen atoms in total. The van der Waals surface area contributed by atoms with E-state index >= 15 is 0 Å². The molecule has 0 spiro atoms. The van der Waals surface area contributed by atoms with Crippen LogP contribution in [0.2, 0.25) is 0 Å². The molecule has 0 aromatic carbocycles. The van der Waals surface area contributed by atoms with Gasteiger partial charge in [-0.15, -0.1) is 0 Å². The summed E-state index contributed by atoms with van der Waals surface area (Å²) in [6.07, 6.45) is 7.23. The van der Waals surface area contributed by atoms with Crippen molar-refractivity contribution in [3.8, 4) is 0 Å². The Morgan fingerprint density at radius 1 is 1.19 bits per heavy atom. The smallest absolute Gasteiger partial charge is 0.224 e. The zero-order chi connectivity index (χ0) is 14.5. The summed E-state index contributed by atoms with van der Waals surface area (Å²) in [4.78, 5) is 13.9. The van der Waals surface area contributed by atoms with Crippen LogP contribution < -0.4 is 10.2 Å². The molecule has 0 unspecified atom stereocenters. The topological polar surface area (TPSA) is 44.3 Å². The van der Waals surface area contributed by atoms with Gasteiger partial charge >= 0.3 is 0 Å². The number of aromatic nitrogens is 2. The van der Waals surface area contributed by atoms with Crippen LogP contribution in [-0.2, 0) is 0 Å². The van der Waals surface area contributed by atoms with Gasteiger partial charge in [-0.2, -0.15) is 4.98 Å². The Labute approximate surface area is 127 Å². The maximum absolute atomic E-state index is 4.61. The first kappa shape index (κ1) is 14.6. The van der Waals surface area contributed by atoms with Crippen LogP contribution in [-0.4, -0.2) is 54.1 Å². The lowest BCUT2D eigenvalue weighted by Gasteiger charge is -2.34. The zero-order valence-corrected chi connectivity index (χ0v) is 13.1. The van der Waals surface area contributed by atoms with Gasteiger partial charge in [-0.25, -0.2) is 4.98 Å². The van der Waals surface area contributed by atoms with Crippen molar-refractivity contribution in [2.75, 3.05) is 49.5 Å². The van der Waals surface area contributed by atoms with E-state index in [0.717, 1.165) is 37.3 Å². The first-order chi connectivity index (χ1) is 10.3.